The lowest BCUT2D eigenvalue weighted by atomic mass is 9.74. The van der Waals surface area contributed by atoms with E-state index in [1.54, 1.807) is 0 Å². The second-order valence-corrected chi connectivity index (χ2v) is 6.78. The topological polar surface area (TPSA) is 12.0 Å². The van der Waals surface area contributed by atoms with E-state index in [9.17, 15) is 0 Å². The Morgan fingerprint density at radius 2 is 1.76 bits per heavy atom. The largest absolute Gasteiger partial charge is 0.381 e. The van der Waals surface area contributed by atoms with Crippen molar-refractivity contribution in [3.8, 4) is 0 Å². The van der Waals surface area contributed by atoms with Crippen molar-refractivity contribution in [3.63, 3.8) is 0 Å². The summed E-state index contributed by atoms with van der Waals surface area (Å²) < 4.78 is 0. The molecule has 0 bridgehead atoms. The van der Waals surface area contributed by atoms with Gasteiger partial charge in [-0.15, -0.1) is 0 Å². The zero-order chi connectivity index (χ0) is 14.4. The molecule has 0 aromatic heterocycles. The van der Waals surface area contributed by atoms with Gasteiger partial charge in [0.25, 0.3) is 0 Å². The summed E-state index contributed by atoms with van der Waals surface area (Å²) in [6.45, 7) is 4.77. The van der Waals surface area contributed by atoms with Gasteiger partial charge < -0.3 is 5.32 Å². The molecule has 2 aliphatic carbocycles. The molecular weight excluding hydrogens is 254 g/mol. The van der Waals surface area contributed by atoms with E-state index in [-0.39, 0.29) is 5.41 Å². The fraction of sp³-hybridized carbons (Fsp3) is 0.300. The molecule has 3 unspecified atom stereocenters. The molecule has 1 heteroatoms. The van der Waals surface area contributed by atoms with E-state index in [0.29, 0.717) is 17.9 Å². The van der Waals surface area contributed by atoms with E-state index in [1.165, 1.54) is 16.7 Å². The number of nitrogens with one attached hydrogen (secondary N) is 1. The molecule has 0 saturated heterocycles. The highest BCUT2D eigenvalue weighted by Gasteiger charge is 2.44. The van der Waals surface area contributed by atoms with Crippen molar-refractivity contribution in [1.82, 2.24) is 5.32 Å². The number of rotatable bonds is 1. The first-order valence-corrected chi connectivity index (χ1v) is 7.76. The van der Waals surface area contributed by atoms with Crippen LogP contribution in [0.15, 0.2) is 66.9 Å². The average molecular weight is 275 g/mol. The van der Waals surface area contributed by atoms with Crippen molar-refractivity contribution in [2.45, 2.75) is 31.2 Å². The monoisotopic (exact) mass is 275 g/mol. The predicted octanol–water partition coefficient (Wildman–Crippen LogP) is 4.52. The molecule has 1 aliphatic heterocycles. The summed E-state index contributed by atoms with van der Waals surface area (Å²) in [5, 5.41) is 3.42. The normalized spacial score (nSPS) is 30.9. The molecule has 0 fully saturated rings. The fourth-order valence-corrected chi connectivity index (χ4v) is 4.04. The molecule has 21 heavy (non-hydrogen) atoms. The zero-order valence-electron chi connectivity index (χ0n) is 12.6. The molecule has 1 heterocycles. The molecule has 1 aromatic carbocycles. The third-order valence-corrected chi connectivity index (χ3v) is 5.24. The van der Waals surface area contributed by atoms with Crippen LogP contribution in [0.3, 0.4) is 0 Å². The number of fused-ring (bicyclic) bond motifs is 3. The van der Waals surface area contributed by atoms with Crippen LogP contribution < -0.4 is 5.32 Å². The molecule has 3 aliphatic rings. The molecule has 1 N–H and O–H groups in total. The predicted molar refractivity (Wildman–Crippen MR) is 88.1 cm³/mol. The molecule has 1 nitrogen and oxygen atoms in total. The van der Waals surface area contributed by atoms with Gasteiger partial charge in [-0.05, 0) is 40.3 Å². The van der Waals surface area contributed by atoms with Gasteiger partial charge >= 0.3 is 0 Å². The van der Waals surface area contributed by atoms with Crippen molar-refractivity contribution in [2.24, 2.45) is 5.92 Å². The number of benzene rings is 1. The van der Waals surface area contributed by atoms with Gasteiger partial charge in [0.2, 0.25) is 0 Å². The van der Waals surface area contributed by atoms with Crippen molar-refractivity contribution < 1.29 is 0 Å². The van der Waals surface area contributed by atoms with E-state index in [0.717, 1.165) is 0 Å². The van der Waals surface area contributed by atoms with Crippen LogP contribution in [0.2, 0.25) is 0 Å². The number of hydrogen-bond donors (Lipinski definition) is 1. The molecule has 0 saturated carbocycles. The van der Waals surface area contributed by atoms with Gasteiger partial charge in [-0.2, -0.15) is 0 Å². The standard InChI is InChI=1S/C20H21N/c1-20(2)17-8-4-3-7-15(17)16-11-10-14(13-18(16)20)19-9-5-6-12-21-19/h3-13,15,17,19,21H,1-2H3. The number of dihydropyridines is 1. The van der Waals surface area contributed by atoms with Gasteiger partial charge in [-0.1, -0.05) is 68.5 Å². The summed E-state index contributed by atoms with van der Waals surface area (Å²) in [6, 6.07) is 7.33. The first-order valence-electron chi connectivity index (χ1n) is 7.76. The summed E-state index contributed by atoms with van der Waals surface area (Å²) in [7, 11) is 0. The summed E-state index contributed by atoms with van der Waals surface area (Å²) in [6.07, 6.45) is 17.5. The highest BCUT2D eigenvalue weighted by Crippen LogP contribution is 2.53. The first-order chi connectivity index (χ1) is 10.2. The van der Waals surface area contributed by atoms with Crippen LogP contribution >= 0.6 is 0 Å². The summed E-state index contributed by atoms with van der Waals surface area (Å²) in [5.41, 5.74) is 4.57. The Balaban J connectivity index is 1.79. The number of hydrogen-bond acceptors (Lipinski definition) is 1. The fourth-order valence-electron chi connectivity index (χ4n) is 4.04. The van der Waals surface area contributed by atoms with Gasteiger partial charge in [-0.25, -0.2) is 0 Å². The maximum absolute atomic E-state index is 3.42. The Kier molecular flexibility index (Phi) is 2.72. The van der Waals surface area contributed by atoms with Crippen molar-refractivity contribution in [1.29, 1.82) is 0 Å². The molecule has 1 aromatic rings. The van der Waals surface area contributed by atoms with Crippen molar-refractivity contribution in [3.05, 3.63) is 83.6 Å². The lowest BCUT2D eigenvalue weighted by molar-refractivity contribution is 0.394. The maximum atomic E-state index is 3.42. The minimum Gasteiger partial charge on any atom is -0.381 e. The van der Waals surface area contributed by atoms with Gasteiger partial charge in [-0.3, -0.25) is 0 Å². The highest BCUT2D eigenvalue weighted by molar-refractivity contribution is 5.51. The third-order valence-electron chi connectivity index (χ3n) is 5.24. The smallest absolute Gasteiger partial charge is 0.0695 e. The molecule has 106 valence electrons. The Morgan fingerprint density at radius 3 is 2.57 bits per heavy atom. The van der Waals surface area contributed by atoms with Gasteiger partial charge in [0.1, 0.15) is 0 Å². The average Bonchev–Trinajstić information content (AvgIpc) is 2.77. The second kappa shape index (κ2) is 4.49. The number of allylic oxidation sites excluding steroid dienone is 6. The van der Waals surface area contributed by atoms with E-state index in [4.69, 9.17) is 0 Å². The minimum absolute atomic E-state index is 0.200. The Labute approximate surface area is 126 Å². The van der Waals surface area contributed by atoms with Gasteiger partial charge in [0, 0.05) is 5.92 Å². The lowest BCUT2D eigenvalue weighted by Crippen LogP contribution is -2.25. The summed E-state index contributed by atoms with van der Waals surface area (Å²) in [5.74, 6) is 1.13. The van der Waals surface area contributed by atoms with Crippen LogP contribution in [-0.4, -0.2) is 0 Å². The quantitative estimate of drug-likeness (QED) is 0.794. The Morgan fingerprint density at radius 1 is 0.952 bits per heavy atom. The molecule has 0 amide bonds. The van der Waals surface area contributed by atoms with Gasteiger partial charge in [0.05, 0.1) is 6.04 Å². The molecule has 0 spiro atoms. The lowest BCUT2D eigenvalue weighted by Gasteiger charge is -2.29. The Bertz CT molecular complexity index is 688. The maximum Gasteiger partial charge on any atom is 0.0695 e. The molecular formula is C20H21N. The zero-order valence-corrected chi connectivity index (χ0v) is 12.6. The highest BCUT2D eigenvalue weighted by atomic mass is 14.9. The second-order valence-electron chi connectivity index (χ2n) is 6.78. The van der Waals surface area contributed by atoms with Crippen LogP contribution in [0.25, 0.3) is 0 Å². The molecule has 3 atom stereocenters. The first kappa shape index (κ1) is 12.7. The molecule has 4 rings (SSSR count). The van der Waals surface area contributed by atoms with Crippen molar-refractivity contribution in [2.75, 3.05) is 0 Å². The SMILES string of the molecule is CC1(C)c2cc(C3C=CC=CN3)ccc2C2C=CC=CC21. The third kappa shape index (κ3) is 1.84. The van der Waals surface area contributed by atoms with Crippen LogP contribution in [0.4, 0.5) is 0 Å². The van der Waals surface area contributed by atoms with Crippen LogP contribution in [0, 0.1) is 5.92 Å². The van der Waals surface area contributed by atoms with E-state index < -0.39 is 0 Å². The summed E-state index contributed by atoms with van der Waals surface area (Å²) >= 11 is 0. The van der Waals surface area contributed by atoms with Crippen LogP contribution in [0.5, 0.6) is 0 Å². The van der Waals surface area contributed by atoms with Gasteiger partial charge in [0.15, 0.2) is 0 Å². The Hall–Kier alpha value is -2.02. The van der Waals surface area contributed by atoms with Crippen LogP contribution in [0.1, 0.15) is 42.5 Å². The van der Waals surface area contributed by atoms with Crippen molar-refractivity contribution >= 4 is 0 Å². The minimum atomic E-state index is 0.200. The summed E-state index contributed by atoms with van der Waals surface area (Å²) in [4.78, 5) is 0. The van der Waals surface area contributed by atoms with E-state index in [1.807, 2.05) is 12.3 Å². The van der Waals surface area contributed by atoms with Crippen LogP contribution in [-0.2, 0) is 5.41 Å². The van der Waals surface area contributed by atoms with E-state index in [2.05, 4.69) is 73.8 Å². The van der Waals surface area contributed by atoms with E-state index >= 15 is 0 Å². The molecule has 0 radical (unpaired) electrons.